The molecule has 0 nitrogen and oxygen atoms in total. The number of rotatable bonds is 0. The van der Waals surface area contributed by atoms with E-state index >= 15 is 0 Å². The molecule has 3 aliphatic rings. The van der Waals surface area contributed by atoms with E-state index in [1.165, 1.54) is 38.5 Å². The average Bonchev–Trinajstić information content (AvgIpc) is 2.37. The smallest absolute Gasteiger partial charge is 0.000144 e. The molecule has 0 N–H and O–H groups in total. The molecule has 0 amide bonds. The van der Waals surface area contributed by atoms with Gasteiger partial charge in [-0.25, -0.2) is 0 Å². The maximum atomic E-state index is 4.44. The Balaban J connectivity index is 2.05. The second-order valence-corrected chi connectivity index (χ2v) is 7.25. The molecule has 3 saturated carbocycles. The van der Waals surface area contributed by atoms with Gasteiger partial charge in [0, 0.05) is 5.41 Å². The molecule has 3 fully saturated rings. The van der Waals surface area contributed by atoms with E-state index in [1.807, 2.05) is 0 Å². The molecular formula is C15H24. The van der Waals surface area contributed by atoms with Crippen molar-refractivity contribution in [2.24, 2.45) is 22.2 Å². The quantitative estimate of drug-likeness (QED) is 0.507. The molecule has 0 saturated heterocycles. The van der Waals surface area contributed by atoms with E-state index in [1.54, 1.807) is 5.57 Å². The lowest BCUT2D eigenvalue weighted by Gasteiger charge is -2.66. The predicted octanol–water partition coefficient (Wildman–Crippen LogP) is 4.56. The maximum absolute atomic E-state index is 4.44. The highest BCUT2D eigenvalue weighted by Crippen LogP contribution is 2.78. The summed E-state index contributed by atoms with van der Waals surface area (Å²) in [7, 11) is 0. The van der Waals surface area contributed by atoms with Crippen molar-refractivity contribution in [2.75, 3.05) is 0 Å². The Morgan fingerprint density at radius 1 is 1.20 bits per heavy atom. The van der Waals surface area contributed by atoms with Crippen molar-refractivity contribution in [3.8, 4) is 0 Å². The molecule has 3 atom stereocenters. The predicted molar refractivity (Wildman–Crippen MR) is 64.7 cm³/mol. The molecule has 1 spiro atoms. The summed E-state index contributed by atoms with van der Waals surface area (Å²) in [6, 6.07) is 0. The van der Waals surface area contributed by atoms with Gasteiger partial charge in [0.25, 0.3) is 0 Å². The van der Waals surface area contributed by atoms with E-state index in [4.69, 9.17) is 0 Å². The van der Waals surface area contributed by atoms with Crippen molar-refractivity contribution < 1.29 is 0 Å². The largest absolute Gasteiger partial charge is 0.0993 e. The Morgan fingerprint density at radius 2 is 1.93 bits per heavy atom. The lowest BCUT2D eigenvalue weighted by Crippen LogP contribution is -2.58. The van der Waals surface area contributed by atoms with E-state index in [0.29, 0.717) is 16.2 Å². The fourth-order valence-electron chi connectivity index (χ4n) is 5.52. The molecule has 15 heavy (non-hydrogen) atoms. The molecule has 0 radical (unpaired) electrons. The van der Waals surface area contributed by atoms with Crippen molar-refractivity contribution in [1.82, 2.24) is 0 Å². The van der Waals surface area contributed by atoms with Crippen molar-refractivity contribution in [2.45, 2.75) is 59.3 Å². The zero-order valence-corrected chi connectivity index (χ0v) is 10.5. The molecule has 0 heteroatoms. The molecule has 84 valence electrons. The van der Waals surface area contributed by atoms with Gasteiger partial charge in [-0.05, 0) is 55.3 Å². The minimum Gasteiger partial charge on any atom is -0.0993 e. The molecule has 3 aliphatic carbocycles. The molecular weight excluding hydrogens is 180 g/mol. The second-order valence-electron chi connectivity index (χ2n) is 7.25. The first kappa shape index (κ1) is 9.93. The summed E-state index contributed by atoms with van der Waals surface area (Å²) in [6.45, 7) is 11.9. The van der Waals surface area contributed by atoms with Gasteiger partial charge < -0.3 is 0 Å². The molecule has 0 aromatic heterocycles. The highest BCUT2D eigenvalue weighted by Gasteiger charge is 2.70. The number of allylic oxidation sites excluding steroid dienone is 1. The molecule has 3 rings (SSSR count). The fourth-order valence-corrected chi connectivity index (χ4v) is 5.52. The highest BCUT2D eigenvalue weighted by molar-refractivity contribution is 5.32. The Morgan fingerprint density at radius 3 is 2.60 bits per heavy atom. The molecule has 0 heterocycles. The molecule has 3 unspecified atom stereocenters. The molecule has 0 aliphatic heterocycles. The summed E-state index contributed by atoms with van der Waals surface area (Å²) in [6.07, 6.45) is 8.49. The van der Waals surface area contributed by atoms with E-state index in [9.17, 15) is 0 Å². The summed E-state index contributed by atoms with van der Waals surface area (Å²) >= 11 is 0. The zero-order chi connectivity index (χ0) is 10.9. The Kier molecular flexibility index (Phi) is 1.67. The van der Waals surface area contributed by atoms with Crippen LogP contribution in [0.2, 0.25) is 0 Å². The van der Waals surface area contributed by atoms with E-state index in [2.05, 4.69) is 27.4 Å². The van der Waals surface area contributed by atoms with Gasteiger partial charge in [-0.2, -0.15) is 0 Å². The van der Waals surface area contributed by atoms with Gasteiger partial charge in [0.15, 0.2) is 0 Å². The van der Waals surface area contributed by atoms with Crippen molar-refractivity contribution in [3.05, 3.63) is 12.2 Å². The minimum atomic E-state index is 0.564. The zero-order valence-electron chi connectivity index (χ0n) is 10.5. The van der Waals surface area contributed by atoms with Gasteiger partial charge in [0.05, 0.1) is 0 Å². The van der Waals surface area contributed by atoms with Crippen LogP contribution < -0.4 is 0 Å². The van der Waals surface area contributed by atoms with Crippen LogP contribution in [-0.4, -0.2) is 0 Å². The third-order valence-electron chi connectivity index (χ3n) is 6.17. The van der Waals surface area contributed by atoms with Gasteiger partial charge in [-0.15, -0.1) is 0 Å². The Hall–Kier alpha value is -0.260. The van der Waals surface area contributed by atoms with Crippen LogP contribution in [0, 0.1) is 22.2 Å². The lowest BCUT2D eigenvalue weighted by atomic mass is 9.38. The van der Waals surface area contributed by atoms with Crippen LogP contribution in [0.15, 0.2) is 12.2 Å². The summed E-state index contributed by atoms with van der Waals surface area (Å²) < 4.78 is 0. The van der Waals surface area contributed by atoms with Crippen LogP contribution in [0.4, 0.5) is 0 Å². The van der Waals surface area contributed by atoms with Gasteiger partial charge in [-0.1, -0.05) is 32.9 Å². The Labute approximate surface area is 94.1 Å². The standard InChI is InChI=1S/C15H24/c1-11-6-5-8-14(4)9-7-12-13(2,3)10-15(11,12)14/h12H,1,5-10H2,2-4H3. The van der Waals surface area contributed by atoms with E-state index < -0.39 is 0 Å². The van der Waals surface area contributed by atoms with Crippen molar-refractivity contribution >= 4 is 0 Å². The van der Waals surface area contributed by atoms with Crippen LogP contribution in [0.1, 0.15) is 59.3 Å². The molecule has 0 aromatic rings. The topological polar surface area (TPSA) is 0 Å². The monoisotopic (exact) mass is 204 g/mol. The van der Waals surface area contributed by atoms with E-state index in [-0.39, 0.29) is 0 Å². The second kappa shape index (κ2) is 2.52. The minimum absolute atomic E-state index is 0.564. The number of hydrogen-bond acceptors (Lipinski definition) is 0. The molecule has 0 aromatic carbocycles. The van der Waals surface area contributed by atoms with Gasteiger partial charge in [-0.3, -0.25) is 0 Å². The summed E-state index contributed by atoms with van der Waals surface area (Å²) in [5.74, 6) is 0.947. The summed E-state index contributed by atoms with van der Waals surface area (Å²) in [5, 5.41) is 0. The van der Waals surface area contributed by atoms with Crippen molar-refractivity contribution in [1.29, 1.82) is 0 Å². The first-order valence-corrected chi connectivity index (χ1v) is 6.61. The average molecular weight is 204 g/mol. The summed E-state index contributed by atoms with van der Waals surface area (Å²) in [5.41, 5.74) is 3.38. The van der Waals surface area contributed by atoms with Crippen molar-refractivity contribution in [3.63, 3.8) is 0 Å². The first-order chi connectivity index (χ1) is 6.92. The normalized spacial score (nSPS) is 51.9. The van der Waals surface area contributed by atoms with Gasteiger partial charge in [0.2, 0.25) is 0 Å². The number of hydrogen-bond donors (Lipinski definition) is 0. The van der Waals surface area contributed by atoms with Gasteiger partial charge in [0.1, 0.15) is 0 Å². The van der Waals surface area contributed by atoms with E-state index in [0.717, 1.165) is 5.92 Å². The van der Waals surface area contributed by atoms with Crippen LogP contribution in [0.3, 0.4) is 0 Å². The first-order valence-electron chi connectivity index (χ1n) is 6.61. The summed E-state index contributed by atoms with van der Waals surface area (Å²) in [4.78, 5) is 0. The third-order valence-corrected chi connectivity index (χ3v) is 6.17. The lowest BCUT2D eigenvalue weighted by molar-refractivity contribution is -0.125. The van der Waals surface area contributed by atoms with Crippen LogP contribution in [-0.2, 0) is 0 Å². The SMILES string of the molecule is C=C1CCCC2(C)CCC3C(C)(C)CC132. The van der Waals surface area contributed by atoms with Crippen LogP contribution >= 0.6 is 0 Å². The third kappa shape index (κ3) is 0.905. The Bertz CT molecular complexity index is 325. The highest BCUT2D eigenvalue weighted by atomic mass is 14.7. The molecule has 0 bridgehead atoms. The van der Waals surface area contributed by atoms with Gasteiger partial charge >= 0.3 is 0 Å². The fraction of sp³-hybridized carbons (Fsp3) is 0.867. The van der Waals surface area contributed by atoms with Crippen LogP contribution in [0.5, 0.6) is 0 Å². The van der Waals surface area contributed by atoms with Crippen LogP contribution in [0.25, 0.3) is 0 Å². The maximum Gasteiger partial charge on any atom is 0.000144 e.